The molecule has 2 N–H and O–H groups in total. The van der Waals surface area contributed by atoms with Crippen molar-refractivity contribution in [1.29, 1.82) is 0 Å². The first kappa shape index (κ1) is 24.6. The predicted octanol–water partition coefficient (Wildman–Crippen LogP) is 6.48. The number of halogens is 6. The molecule has 0 saturated heterocycles. The van der Waals surface area contributed by atoms with Gasteiger partial charge in [-0.1, -0.05) is 30.5 Å². The number of rotatable bonds is 4. The third kappa shape index (κ3) is 6.16. The zero-order valence-electron chi connectivity index (χ0n) is 18.0. The number of hydrogen-bond acceptors (Lipinski definition) is 3. The van der Waals surface area contributed by atoms with E-state index < -0.39 is 29.4 Å². The van der Waals surface area contributed by atoms with Crippen molar-refractivity contribution in [3.63, 3.8) is 0 Å². The summed E-state index contributed by atoms with van der Waals surface area (Å²) in [6.07, 6.45) is -1.79. The molecule has 2 aromatic carbocycles. The zero-order chi connectivity index (χ0) is 25.2. The van der Waals surface area contributed by atoms with Gasteiger partial charge in [-0.3, -0.25) is 10.1 Å². The number of hydrogen-bond donors (Lipinski definition) is 2. The monoisotopic (exact) mass is 511 g/mol. The number of guanidine groups is 1. The van der Waals surface area contributed by atoms with Crippen LogP contribution in [0.5, 0.6) is 0 Å². The molecule has 12 heteroatoms. The van der Waals surface area contributed by atoms with E-state index in [-0.39, 0.29) is 34.1 Å². The van der Waals surface area contributed by atoms with Gasteiger partial charge in [0.25, 0.3) is 5.91 Å². The summed E-state index contributed by atoms with van der Waals surface area (Å²) in [4.78, 5) is 16.9. The largest absolute Gasteiger partial charge is 0.435 e. The highest BCUT2D eigenvalue weighted by Gasteiger charge is 2.36. The molecule has 0 aliphatic heterocycles. The Labute approximate surface area is 201 Å². The van der Waals surface area contributed by atoms with Gasteiger partial charge in [-0.2, -0.15) is 23.3 Å². The van der Waals surface area contributed by atoms with Gasteiger partial charge in [-0.15, -0.1) is 0 Å². The molecule has 0 radical (unpaired) electrons. The highest BCUT2D eigenvalue weighted by molar-refractivity contribution is 6.31. The van der Waals surface area contributed by atoms with Crippen LogP contribution in [0.1, 0.15) is 47.8 Å². The van der Waals surface area contributed by atoms with Gasteiger partial charge in [0.2, 0.25) is 5.96 Å². The second kappa shape index (κ2) is 10.0. The summed E-state index contributed by atoms with van der Waals surface area (Å²) in [6.45, 7) is 0. The van der Waals surface area contributed by atoms with E-state index in [0.29, 0.717) is 12.8 Å². The molecule has 35 heavy (non-hydrogen) atoms. The van der Waals surface area contributed by atoms with Crippen LogP contribution in [-0.2, 0) is 6.18 Å². The minimum absolute atomic E-state index is 0.0404. The van der Waals surface area contributed by atoms with Crippen LogP contribution in [-0.4, -0.2) is 21.6 Å². The number of anilines is 1. The highest BCUT2D eigenvalue weighted by atomic mass is 35.5. The average Bonchev–Trinajstić information content (AvgIpc) is 3.42. The van der Waals surface area contributed by atoms with Crippen molar-refractivity contribution >= 4 is 35.0 Å². The molecule has 1 amide bonds. The lowest BCUT2D eigenvalue weighted by Gasteiger charge is -2.15. The molecule has 1 aromatic heterocycles. The molecular formula is C23H19ClF5N5O. The van der Waals surface area contributed by atoms with Crippen molar-refractivity contribution in [2.45, 2.75) is 37.9 Å². The summed E-state index contributed by atoms with van der Waals surface area (Å²) < 4.78 is 68.8. The summed E-state index contributed by atoms with van der Waals surface area (Å²) in [7, 11) is 0. The molecule has 1 heterocycles. The van der Waals surface area contributed by atoms with E-state index in [0.717, 1.165) is 43.2 Å². The van der Waals surface area contributed by atoms with E-state index in [2.05, 4.69) is 20.7 Å². The maximum absolute atomic E-state index is 13.8. The molecule has 0 spiro atoms. The number of aliphatic imine (C=N–C) groups is 1. The van der Waals surface area contributed by atoms with E-state index in [1.807, 2.05) is 0 Å². The summed E-state index contributed by atoms with van der Waals surface area (Å²) in [5, 5.41) is 8.83. The Balaban J connectivity index is 1.75. The molecule has 0 atom stereocenters. The third-order valence-corrected chi connectivity index (χ3v) is 5.57. The van der Waals surface area contributed by atoms with Gasteiger partial charge in [0.05, 0.1) is 6.04 Å². The Morgan fingerprint density at radius 1 is 1.06 bits per heavy atom. The van der Waals surface area contributed by atoms with Crippen molar-refractivity contribution in [3.05, 3.63) is 76.4 Å². The lowest BCUT2D eigenvalue weighted by molar-refractivity contribution is -0.141. The second-order valence-electron chi connectivity index (χ2n) is 7.98. The lowest BCUT2D eigenvalue weighted by atomic mass is 10.2. The summed E-state index contributed by atoms with van der Waals surface area (Å²) in [6, 6.07) is 8.73. The zero-order valence-corrected chi connectivity index (χ0v) is 18.8. The first-order chi connectivity index (χ1) is 16.6. The van der Waals surface area contributed by atoms with E-state index in [1.54, 1.807) is 0 Å². The van der Waals surface area contributed by atoms with Crippen LogP contribution in [0.2, 0.25) is 5.02 Å². The summed E-state index contributed by atoms with van der Waals surface area (Å²) in [5.41, 5.74) is -1.11. The maximum Gasteiger partial charge on any atom is 0.435 e. The van der Waals surface area contributed by atoms with E-state index >= 15 is 0 Å². The first-order valence-corrected chi connectivity index (χ1v) is 11.0. The Hall–Kier alpha value is -3.47. The first-order valence-electron chi connectivity index (χ1n) is 10.6. The van der Waals surface area contributed by atoms with Gasteiger partial charge < -0.3 is 5.32 Å². The molecule has 4 rings (SSSR count). The normalized spacial score (nSPS) is 14.9. The minimum Gasteiger partial charge on any atom is -0.325 e. The van der Waals surface area contributed by atoms with E-state index in [9.17, 15) is 26.7 Å². The van der Waals surface area contributed by atoms with Crippen LogP contribution in [0.3, 0.4) is 0 Å². The third-order valence-electron chi connectivity index (χ3n) is 5.35. The number of nitrogens with one attached hydrogen (secondary N) is 2. The molecule has 1 aliphatic rings. The number of aromatic nitrogens is 2. The minimum atomic E-state index is -4.71. The Kier molecular flexibility index (Phi) is 7.06. The number of carbonyl (C=O) groups excluding carboxylic acids is 1. The molecule has 1 fully saturated rings. The van der Waals surface area contributed by atoms with E-state index in [4.69, 9.17) is 11.6 Å². The van der Waals surface area contributed by atoms with Crippen LogP contribution in [0, 0.1) is 11.6 Å². The van der Waals surface area contributed by atoms with Gasteiger partial charge in [0.1, 0.15) is 11.6 Å². The molecule has 184 valence electrons. The topological polar surface area (TPSA) is 71.3 Å². The number of amides is 1. The number of carbonyl (C=O) groups is 1. The van der Waals surface area contributed by atoms with Crippen LogP contribution in [0.25, 0.3) is 0 Å². The molecule has 3 aromatic rings. The predicted molar refractivity (Wildman–Crippen MR) is 121 cm³/mol. The average molecular weight is 512 g/mol. The number of alkyl halides is 3. The molecular weight excluding hydrogens is 493 g/mol. The smallest absolute Gasteiger partial charge is 0.325 e. The fourth-order valence-corrected chi connectivity index (χ4v) is 4.02. The Morgan fingerprint density at radius 3 is 2.46 bits per heavy atom. The van der Waals surface area contributed by atoms with E-state index in [1.165, 1.54) is 22.9 Å². The van der Waals surface area contributed by atoms with Gasteiger partial charge in [-0.25, -0.2) is 13.5 Å². The fraction of sp³-hybridized carbons (Fsp3) is 0.261. The molecule has 1 saturated carbocycles. The second-order valence-corrected chi connectivity index (χ2v) is 8.41. The molecule has 0 bridgehead atoms. The summed E-state index contributed by atoms with van der Waals surface area (Å²) in [5.74, 6) is -2.62. The van der Waals surface area contributed by atoms with Crippen molar-refractivity contribution in [2.75, 3.05) is 5.32 Å². The van der Waals surface area contributed by atoms with Crippen LogP contribution in [0.4, 0.5) is 33.5 Å². The number of nitrogens with zero attached hydrogens (tertiary/aromatic N) is 3. The molecule has 1 aliphatic carbocycles. The van der Waals surface area contributed by atoms with Crippen LogP contribution in [0.15, 0.2) is 53.5 Å². The fourth-order valence-electron chi connectivity index (χ4n) is 3.80. The van der Waals surface area contributed by atoms with Crippen LogP contribution < -0.4 is 10.6 Å². The van der Waals surface area contributed by atoms with Crippen molar-refractivity contribution in [1.82, 2.24) is 15.1 Å². The summed E-state index contributed by atoms with van der Waals surface area (Å²) >= 11 is 5.89. The molecule has 0 unspecified atom stereocenters. The Morgan fingerprint density at radius 2 is 1.80 bits per heavy atom. The number of benzene rings is 2. The molecule has 6 nitrogen and oxygen atoms in total. The standard InChI is InChI=1S/C23H19ClF5N5O/c24-14-9-16(26)11-17(10-14)30-22(32-21(35)13-4-3-5-15(25)8-13)31-20-12-19(23(27,28)29)33-34(20)18-6-1-2-7-18/h3-5,8-12,18H,1-2,6-7H2,(H2,30,31,32,35). The van der Waals surface area contributed by atoms with Gasteiger partial charge in [-0.05, 0) is 49.2 Å². The highest BCUT2D eigenvalue weighted by Crippen LogP contribution is 2.37. The SMILES string of the molecule is O=C(NC(=Nc1cc(C(F)(F)F)nn1C1CCCC1)Nc1cc(F)cc(Cl)c1)c1cccc(F)c1. The maximum atomic E-state index is 13.8. The lowest BCUT2D eigenvalue weighted by Crippen LogP contribution is -2.36. The van der Waals surface area contributed by atoms with Crippen molar-refractivity contribution in [3.8, 4) is 0 Å². The van der Waals surface area contributed by atoms with Crippen molar-refractivity contribution in [2.24, 2.45) is 4.99 Å². The van der Waals surface area contributed by atoms with Crippen molar-refractivity contribution < 1.29 is 26.7 Å². The quantitative estimate of drug-likeness (QED) is 0.239. The van der Waals surface area contributed by atoms with Gasteiger partial charge in [0, 0.05) is 22.3 Å². The van der Waals surface area contributed by atoms with Gasteiger partial charge in [0.15, 0.2) is 11.5 Å². The van der Waals surface area contributed by atoms with Gasteiger partial charge >= 0.3 is 6.18 Å². The Bertz CT molecular complexity index is 1250. The van der Waals surface area contributed by atoms with Crippen LogP contribution >= 0.6 is 11.6 Å².